The van der Waals surface area contributed by atoms with Crippen LogP contribution in [0, 0.1) is 13.8 Å². The van der Waals surface area contributed by atoms with Crippen molar-refractivity contribution in [3.63, 3.8) is 0 Å². The molecule has 0 fully saturated rings. The van der Waals surface area contributed by atoms with Crippen LogP contribution < -0.4 is 5.32 Å². The van der Waals surface area contributed by atoms with Crippen LogP contribution in [-0.2, 0) is 23.0 Å². The number of carbonyl (C=O) groups excluding carboxylic acids is 3. The number of ketones is 1. The van der Waals surface area contributed by atoms with Gasteiger partial charge in [0.25, 0.3) is 5.91 Å². The van der Waals surface area contributed by atoms with Crippen molar-refractivity contribution in [3.05, 3.63) is 94.8 Å². The summed E-state index contributed by atoms with van der Waals surface area (Å²) in [5.41, 5.74) is 3.61. The summed E-state index contributed by atoms with van der Waals surface area (Å²) in [5, 5.41) is 2.74. The van der Waals surface area contributed by atoms with E-state index in [2.05, 4.69) is 5.32 Å². The molecule has 1 atom stereocenters. The molecule has 0 saturated heterocycles. The first-order valence-electron chi connectivity index (χ1n) is 10.1. The number of aromatic nitrogens is 1. The summed E-state index contributed by atoms with van der Waals surface area (Å²) in [6.07, 6.45) is 0.260. The predicted octanol–water partition coefficient (Wildman–Crippen LogP) is 3.41. The average Bonchev–Trinajstić information content (AvgIpc) is 3.05. The summed E-state index contributed by atoms with van der Waals surface area (Å²) in [6, 6.07) is 18.9. The van der Waals surface area contributed by atoms with E-state index in [0.717, 1.165) is 17.0 Å². The Morgan fingerprint density at radius 1 is 0.968 bits per heavy atom. The van der Waals surface area contributed by atoms with Gasteiger partial charge in [0.1, 0.15) is 6.04 Å². The number of hydrogen-bond acceptors (Lipinski definition) is 4. The maximum absolute atomic E-state index is 12.8. The molecule has 3 aromatic rings. The largest absolute Gasteiger partial charge is 0.456 e. The molecule has 0 aliphatic heterocycles. The van der Waals surface area contributed by atoms with Crippen molar-refractivity contribution in [2.24, 2.45) is 7.05 Å². The Balaban J connectivity index is 1.71. The lowest BCUT2D eigenvalue weighted by atomic mass is 10.1. The molecule has 6 nitrogen and oxygen atoms in total. The number of esters is 1. The van der Waals surface area contributed by atoms with Gasteiger partial charge >= 0.3 is 5.97 Å². The molecule has 0 saturated carbocycles. The number of ether oxygens (including phenoxy) is 1. The Kier molecular flexibility index (Phi) is 7.03. The molecule has 0 bridgehead atoms. The molecule has 1 heterocycles. The number of hydrogen-bond donors (Lipinski definition) is 1. The number of rotatable bonds is 8. The van der Waals surface area contributed by atoms with Gasteiger partial charge in [0.15, 0.2) is 6.61 Å². The number of Topliss-reactive ketones (excluding diaryl/α,β-unsaturated/α-hetero) is 1. The van der Waals surface area contributed by atoms with Gasteiger partial charge in [0.05, 0.1) is 0 Å². The minimum Gasteiger partial charge on any atom is -0.456 e. The standard InChI is InChI=1S/C25H26N2O4/c1-17-14-21(18(2)27(17)3)23(28)16-31-25(30)22(15-19-10-6-4-7-11-19)26-24(29)20-12-8-5-9-13-20/h4-14,22H,15-16H2,1-3H3,(H,26,29)/t22-/m1/s1. The molecular weight excluding hydrogens is 392 g/mol. The topological polar surface area (TPSA) is 77.4 Å². The third-order valence-electron chi connectivity index (χ3n) is 5.33. The fourth-order valence-corrected chi connectivity index (χ4v) is 3.33. The van der Waals surface area contributed by atoms with Gasteiger partial charge in [-0.2, -0.15) is 0 Å². The van der Waals surface area contributed by atoms with Gasteiger partial charge < -0.3 is 14.6 Å². The first-order valence-corrected chi connectivity index (χ1v) is 10.1. The molecule has 0 unspecified atom stereocenters. The Morgan fingerprint density at radius 3 is 2.16 bits per heavy atom. The Labute approximate surface area is 181 Å². The van der Waals surface area contributed by atoms with E-state index in [-0.39, 0.29) is 24.7 Å². The maximum Gasteiger partial charge on any atom is 0.329 e. The van der Waals surface area contributed by atoms with E-state index in [1.807, 2.05) is 61.9 Å². The SMILES string of the molecule is Cc1cc(C(=O)COC(=O)[C@@H](Cc2ccccc2)NC(=O)c2ccccc2)c(C)n1C. The molecule has 0 aliphatic rings. The van der Waals surface area contributed by atoms with Crippen molar-refractivity contribution in [1.29, 1.82) is 0 Å². The predicted molar refractivity (Wildman–Crippen MR) is 118 cm³/mol. The van der Waals surface area contributed by atoms with Crippen LogP contribution in [0.3, 0.4) is 0 Å². The maximum atomic E-state index is 12.8. The molecule has 160 valence electrons. The highest BCUT2D eigenvalue weighted by Gasteiger charge is 2.25. The summed E-state index contributed by atoms with van der Waals surface area (Å²) in [5.74, 6) is -1.30. The Bertz CT molecular complexity index is 1070. The molecule has 0 radical (unpaired) electrons. The van der Waals surface area contributed by atoms with E-state index in [4.69, 9.17) is 4.74 Å². The van der Waals surface area contributed by atoms with Crippen LogP contribution in [0.15, 0.2) is 66.7 Å². The van der Waals surface area contributed by atoms with Crippen LogP contribution in [0.25, 0.3) is 0 Å². The molecule has 31 heavy (non-hydrogen) atoms. The van der Waals surface area contributed by atoms with Crippen molar-refractivity contribution in [3.8, 4) is 0 Å². The van der Waals surface area contributed by atoms with Crippen LogP contribution in [0.5, 0.6) is 0 Å². The highest BCUT2D eigenvalue weighted by atomic mass is 16.5. The van der Waals surface area contributed by atoms with Crippen LogP contribution >= 0.6 is 0 Å². The molecule has 2 aromatic carbocycles. The second-order valence-electron chi connectivity index (χ2n) is 7.46. The third-order valence-corrected chi connectivity index (χ3v) is 5.33. The number of benzene rings is 2. The molecule has 6 heteroatoms. The van der Waals surface area contributed by atoms with E-state index >= 15 is 0 Å². The molecule has 3 rings (SSSR count). The first kappa shape index (κ1) is 22.0. The fraction of sp³-hybridized carbons (Fsp3) is 0.240. The summed E-state index contributed by atoms with van der Waals surface area (Å²) < 4.78 is 7.23. The smallest absolute Gasteiger partial charge is 0.329 e. The van der Waals surface area contributed by atoms with Gasteiger partial charge in [0, 0.05) is 36.0 Å². The molecule has 0 aliphatic carbocycles. The van der Waals surface area contributed by atoms with Crippen molar-refractivity contribution in [2.45, 2.75) is 26.3 Å². The van der Waals surface area contributed by atoms with Crippen molar-refractivity contribution in [2.75, 3.05) is 6.61 Å². The van der Waals surface area contributed by atoms with Crippen molar-refractivity contribution in [1.82, 2.24) is 9.88 Å². The van der Waals surface area contributed by atoms with Gasteiger partial charge in [-0.05, 0) is 37.6 Å². The minimum absolute atomic E-state index is 0.260. The molecular formula is C25H26N2O4. The highest BCUT2D eigenvalue weighted by molar-refractivity contribution is 6.00. The summed E-state index contributed by atoms with van der Waals surface area (Å²) in [7, 11) is 1.88. The van der Waals surface area contributed by atoms with Crippen LogP contribution in [0.1, 0.15) is 37.7 Å². The van der Waals surface area contributed by atoms with Gasteiger partial charge in [-0.25, -0.2) is 4.79 Å². The van der Waals surface area contributed by atoms with Crippen LogP contribution in [-0.4, -0.2) is 34.9 Å². The lowest BCUT2D eigenvalue weighted by molar-refractivity contribution is -0.144. The second kappa shape index (κ2) is 9.89. The summed E-state index contributed by atoms with van der Waals surface area (Å²) in [6.45, 7) is 3.38. The zero-order chi connectivity index (χ0) is 22.4. The molecule has 1 amide bonds. The normalized spacial score (nSPS) is 11.6. The number of nitrogens with zero attached hydrogens (tertiary/aromatic N) is 1. The quantitative estimate of drug-likeness (QED) is 0.449. The summed E-state index contributed by atoms with van der Waals surface area (Å²) >= 11 is 0. The van der Waals surface area contributed by atoms with Gasteiger partial charge in [0.2, 0.25) is 5.78 Å². The van der Waals surface area contributed by atoms with Crippen molar-refractivity contribution < 1.29 is 19.1 Å². The van der Waals surface area contributed by atoms with Crippen LogP contribution in [0.4, 0.5) is 0 Å². The number of amides is 1. The zero-order valence-corrected chi connectivity index (χ0v) is 17.9. The Morgan fingerprint density at radius 2 is 1.58 bits per heavy atom. The Hall–Kier alpha value is -3.67. The van der Waals surface area contributed by atoms with E-state index in [9.17, 15) is 14.4 Å². The number of aryl methyl sites for hydroxylation is 1. The van der Waals surface area contributed by atoms with Crippen molar-refractivity contribution >= 4 is 17.7 Å². The monoisotopic (exact) mass is 418 g/mol. The summed E-state index contributed by atoms with van der Waals surface area (Å²) in [4.78, 5) is 38.0. The third kappa shape index (κ3) is 5.48. The highest BCUT2D eigenvalue weighted by Crippen LogP contribution is 2.14. The molecule has 1 N–H and O–H groups in total. The van der Waals surface area contributed by atoms with Crippen LogP contribution in [0.2, 0.25) is 0 Å². The second-order valence-corrected chi connectivity index (χ2v) is 7.46. The van der Waals surface area contributed by atoms with E-state index in [0.29, 0.717) is 11.1 Å². The van der Waals surface area contributed by atoms with E-state index in [1.54, 1.807) is 30.3 Å². The lowest BCUT2D eigenvalue weighted by Gasteiger charge is -2.18. The zero-order valence-electron chi connectivity index (χ0n) is 17.9. The first-order chi connectivity index (χ1) is 14.9. The van der Waals surface area contributed by atoms with E-state index < -0.39 is 12.0 Å². The molecule has 1 aromatic heterocycles. The molecule has 0 spiro atoms. The fourth-order valence-electron chi connectivity index (χ4n) is 3.33. The van der Waals surface area contributed by atoms with Gasteiger partial charge in [-0.3, -0.25) is 9.59 Å². The average molecular weight is 418 g/mol. The lowest BCUT2D eigenvalue weighted by Crippen LogP contribution is -2.43. The minimum atomic E-state index is -0.915. The number of carbonyl (C=O) groups is 3. The van der Waals surface area contributed by atoms with E-state index in [1.165, 1.54) is 0 Å². The number of nitrogens with one attached hydrogen (secondary N) is 1. The van der Waals surface area contributed by atoms with Gasteiger partial charge in [-0.1, -0.05) is 48.5 Å². The van der Waals surface area contributed by atoms with Gasteiger partial charge in [-0.15, -0.1) is 0 Å².